The maximum absolute atomic E-state index is 13.1. The molecule has 0 radical (unpaired) electrons. The van der Waals surface area contributed by atoms with E-state index in [9.17, 15) is 14.4 Å². The van der Waals surface area contributed by atoms with E-state index in [0.29, 0.717) is 33.9 Å². The summed E-state index contributed by atoms with van der Waals surface area (Å²) in [5, 5.41) is 5.37. The molecule has 3 aromatic heterocycles. The molecule has 2 N–H and O–H groups in total. The van der Waals surface area contributed by atoms with E-state index in [1.807, 2.05) is 51.1 Å². The summed E-state index contributed by atoms with van der Waals surface area (Å²) in [7, 11) is 1.68. The van der Waals surface area contributed by atoms with Crippen LogP contribution >= 0.6 is 0 Å². The highest BCUT2D eigenvalue weighted by molar-refractivity contribution is 6.04. The lowest BCUT2D eigenvalue weighted by atomic mass is 10.0. The third kappa shape index (κ3) is 7.82. The highest BCUT2D eigenvalue weighted by atomic mass is 16.5. The number of aromatic nitrogens is 4. The van der Waals surface area contributed by atoms with Gasteiger partial charge in [0.1, 0.15) is 23.7 Å². The van der Waals surface area contributed by atoms with Gasteiger partial charge in [0.15, 0.2) is 0 Å². The second-order valence-corrected chi connectivity index (χ2v) is 11.0. The zero-order chi connectivity index (χ0) is 33.5. The number of fused-ring (bicyclic) bond motifs is 1. The Hall–Kier alpha value is -5.97. The highest BCUT2D eigenvalue weighted by Crippen LogP contribution is 2.28. The number of anilines is 2. The first-order chi connectivity index (χ1) is 22.6. The number of pyridine rings is 2. The number of ether oxygens (including phenoxy) is 1. The molecule has 0 aliphatic heterocycles. The van der Waals surface area contributed by atoms with Crippen molar-refractivity contribution in [3.63, 3.8) is 0 Å². The number of aryl methyl sites for hydroxylation is 3. The molecule has 0 aliphatic carbocycles. The number of nitrogens with one attached hydrogen (secondary N) is 2. The number of carbonyl (C=O) groups is 3. The molecule has 5 rings (SSSR count). The number of hydrogen-bond donors (Lipinski definition) is 2. The fraction of sp³-hybridized carbons (Fsp3) is 0.194. The van der Waals surface area contributed by atoms with Crippen LogP contribution in [0, 0.1) is 27.7 Å². The van der Waals surface area contributed by atoms with E-state index in [1.165, 1.54) is 17.2 Å². The number of benzene rings is 2. The van der Waals surface area contributed by atoms with Gasteiger partial charge in [0.25, 0.3) is 5.91 Å². The summed E-state index contributed by atoms with van der Waals surface area (Å²) >= 11 is 0. The molecule has 0 bridgehead atoms. The van der Waals surface area contributed by atoms with E-state index < -0.39 is 5.91 Å². The normalized spacial score (nSPS) is 11.0. The largest absolute Gasteiger partial charge is 0.487 e. The van der Waals surface area contributed by atoms with Crippen LogP contribution in [0.15, 0.2) is 79.3 Å². The molecule has 3 amide bonds. The van der Waals surface area contributed by atoms with Crippen LogP contribution in [0.2, 0.25) is 0 Å². The third-order valence-corrected chi connectivity index (χ3v) is 7.69. The van der Waals surface area contributed by atoms with Gasteiger partial charge in [-0.05, 0) is 98.5 Å². The number of carbonyl (C=O) groups excluding carboxylic acids is 3. The van der Waals surface area contributed by atoms with Crippen LogP contribution in [-0.2, 0) is 16.2 Å². The molecule has 238 valence electrons. The first kappa shape index (κ1) is 32.4. The Morgan fingerprint density at radius 3 is 2.51 bits per heavy atom. The summed E-state index contributed by atoms with van der Waals surface area (Å²) in [5.41, 5.74) is 7.59. The predicted octanol–water partition coefficient (Wildman–Crippen LogP) is 5.28. The summed E-state index contributed by atoms with van der Waals surface area (Å²) in [6, 6.07) is 16.2. The van der Waals surface area contributed by atoms with Crippen molar-refractivity contribution in [3.8, 4) is 5.75 Å². The van der Waals surface area contributed by atoms with Gasteiger partial charge in [-0.2, -0.15) is 0 Å². The smallest absolute Gasteiger partial charge is 0.258 e. The second kappa shape index (κ2) is 14.4. The van der Waals surface area contributed by atoms with Crippen molar-refractivity contribution in [2.45, 2.75) is 34.3 Å². The maximum Gasteiger partial charge on any atom is 0.258 e. The molecule has 0 spiro atoms. The fourth-order valence-electron chi connectivity index (χ4n) is 4.96. The van der Waals surface area contributed by atoms with E-state index >= 15 is 0 Å². The number of nitrogens with zero attached hydrogens (tertiary/aromatic N) is 5. The summed E-state index contributed by atoms with van der Waals surface area (Å²) in [4.78, 5) is 57.0. The summed E-state index contributed by atoms with van der Waals surface area (Å²) in [5.74, 6) is -0.0162. The van der Waals surface area contributed by atoms with Crippen LogP contribution in [0.4, 0.5) is 11.5 Å². The van der Waals surface area contributed by atoms with Gasteiger partial charge < -0.3 is 20.3 Å². The number of likely N-dealkylation sites (N-methyl/N-ethyl adjacent to an activating group) is 1. The molecule has 0 saturated heterocycles. The maximum atomic E-state index is 13.1. The summed E-state index contributed by atoms with van der Waals surface area (Å²) < 4.78 is 6.21. The van der Waals surface area contributed by atoms with Crippen molar-refractivity contribution in [3.05, 3.63) is 118 Å². The lowest BCUT2D eigenvalue weighted by molar-refractivity contribution is -0.122. The van der Waals surface area contributed by atoms with Gasteiger partial charge in [-0.3, -0.25) is 24.4 Å². The average Bonchev–Trinajstić information content (AvgIpc) is 3.06. The van der Waals surface area contributed by atoms with Crippen molar-refractivity contribution in [2.24, 2.45) is 0 Å². The number of para-hydroxylation sites is 1. The highest BCUT2D eigenvalue weighted by Gasteiger charge is 2.18. The van der Waals surface area contributed by atoms with Crippen molar-refractivity contribution in [1.82, 2.24) is 25.3 Å². The van der Waals surface area contributed by atoms with Crippen molar-refractivity contribution >= 4 is 46.3 Å². The van der Waals surface area contributed by atoms with Crippen LogP contribution in [-0.4, -0.2) is 51.2 Å². The summed E-state index contributed by atoms with van der Waals surface area (Å²) in [6.07, 6.45) is 7.78. The first-order valence-electron chi connectivity index (χ1n) is 15.0. The van der Waals surface area contributed by atoms with E-state index in [2.05, 4.69) is 30.6 Å². The van der Waals surface area contributed by atoms with Gasteiger partial charge in [-0.25, -0.2) is 9.97 Å². The van der Waals surface area contributed by atoms with E-state index in [1.54, 1.807) is 56.7 Å². The monoisotopic (exact) mass is 629 g/mol. The van der Waals surface area contributed by atoms with E-state index in [0.717, 1.165) is 33.6 Å². The lowest BCUT2D eigenvalue weighted by Crippen LogP contribution is -2.38. The topological polar surface area (TPSA) is 139 Å². The standard InChI is InChI=1S/C36H35N7O4/c1-22-11-14-30(24(3)28(22)21-47-31-10-6-9-29-35(31)41-23(2)18-38-29)43(5)34(45)20-40-33(44)16-13-26-12-15-32(39-19-26)42-36(46)27-8-7-17-37-25(27)4/h6-19H,20-21H2,1-5H3,(H,40,44)(H,39,42,46)/b16-13+. The number of rotatable bonds is 10. The van der Waals surface area contributed by atoms with Crippen LogP contribution in [0.1, 0.15) is 44.0 Å². The molecule has 3 heterocycles. The Labute approximate surface area is 272 Å². The van der Waals surface area contributed by atoms with Crippen molar-refractivity contribution in [2.75, 3.05) is 23.8 Å². The summed E-state index contributed by atoms with van der Waals surface area (Å²) in [6.45, 7) is 7.69. The van der Waals surface area contributed by atoms with Crippen molar-refractivity contribution < 1.29 is 19.1 Å². The van der Waals surface area contributed by atoms with Crippen molar-refractivity contribution in [1.29, 1.82) is 0 Å². The van der Waals surface area contributed by atoms with Gasteiger partial charge in [-0.15, -0.1) is 0 Å². The van der Waals surface area contributed by atoms with Crippen LogP contribution in [0.25, 0.3) is 17.1 Å². The second-order valence-electron chi connectivity index (χ2n) is 11.0. The molecule has 0 fully saturated rings. The quantitative estimate of drug-likeness (QED) is 0.199. The Kier molecular flexibility index (Phi) is 9.95. The van der Waals surface area contributed by atoms with E-state index in [-0.39, 0.29) is 25.0 Å². The van der Waals surface area contributed by atoms with Gasteiger partial charge in [0, 0.05) is 43.1 Å². The Bertz CT molecular complexity index is 1990. The first-order valence-corrected chi connectivity index (χ1v) is 15.0. The molecule has 11 nitrogen and oxygen atoms in total. The molecular weight excluding hydrogens is 594 g/mol. The minimum Gasteiger partial charge on any atom is -0.487 e. The predicted molar refractivity (Wildman–Crippen MR) is 181 cm³/mol. The zero-order valence-corrected chi connectivity index (χ0v) is 26.9. The molecular formula is C36H35N7O4. The van der Waals surface area contributed by atoms with Gasteiger partial charge in [0.2, 0.25) is 11.8 Å². The fourth-order valence-corrected chi connectivity index (χ4v) is 4.96. The average molecular weight is 630 g/mol. The zero-order valence-electron chi connectivity index (χ0n) is 26.9. The molecule has 2 aromatic carbocycles. The molecule has 0 atom stereocenters. The van der Waals surface area contributed by atoms with Crippen LogP contribution < -0.4 is 20.3 Å². The third-order valence-electron chi connectivity index (χ3n) is 7.69. The van der Waals surface area contributed by atoms with Crippen LogP contribution in [0.3, 0.4) is 0 Å². The number of amides is 3. The molecule has 5 aromatic rings. The van der Waals surface area contributed by atoms with E-state index in [4.69, 9.17) is 4.74 Å². The molecule has 0 saturated carbocycles. The van der Waals surface area contributed by atoms with Gasteiger partial charge in [0.05, 0.1) is 23.3 Å². The minimum atomic E-state index is -0.431. The molecule has 11 heteroatoms. The molecule has 47 heavy (non-hydrogen) atoms. The lowest BCUT2D eigenvalue weighted by Gasteiger charge is -2.23. The number of hydrogen-bond acceptors (Lipinski definition) is 8. The molecule has 0 aliphatic rings. The molecule has 0 unspecified atom stereocenters. The minimum absolute atomic E-state index is 0.191. The Balaban J connectivity index is 1.16. The van der Waals surface area contributed by atoms with Gasteiger partial charge >= 0.3 is 0 Å². The Morgan fingerprint density at radius 2 is 1.74 bits per heavy atom. The SMILES string of the molecule is Cc1cnc2cccc(OCc3c(C)ccc(N(C)C(=O)CNC(=O)/C=C/c4ccc(NC(=O)c5cccnc5C)nc4)c3C)c2n1. The van der Waals surface area contributed by atoms with Gasteiger partial charge in [-0.1, -0.05) is 12.1 Å². The Morgan fingerprint density at radius 1 is 0.915 bits per heavy atom. The van der Waals surface area contributed by atoms with Crippen LogP contribution in [0.5, 0.6) is 5.75 Å².